The summed E-state index contributed by atoms with van der Waals surface area (Å²) in [6.07, 6.45) is 0. The summed E-state index contributed by atoms with van der Waals surface area (Å²) in [7, 11) is 1.65. The van der Waals surface area contributed by atoms with E-state index in [1.807, 2.05) is 23.5 Å². The highest BCUT2D eigenvalue weighted by atomic mass is 32.1. The van der Waals surface area contributed by atoms with Crippen LogP contribution in [0.15, 0.2) is 24.3 Å². The molecule has 2 heterocycles. The van der Waals surface area contributed by atoms with Crippen molar-refractivity contribution in [1.82, 2.24) is 5.32 Å². The number of benzene rings is 1. The van der Waals surface area contributed by atoms with Crippen LogP contribution in [0.1, 0.15) is 15.3 Å². The van der Waals surface area contributed by atoms with Gasteiger partial charge in [-0.15, -0.1) is 11.3 Å². The largest absolute Gasteiger partial charge is 0.493 e. The SMILES string of the molecule is COc1cc(CNCc2ccc(C)s2)cc2c1OCCO2. The maximum atomic E-state index is 5.64. The van der Waals surface area contributed by atoms with Gasteiger partial charge in [-0.25, -0.2) is 0 Å². The fourth-order valence-corrected chi connectivity index (χ4v) is 3.20. The average Bonchev–Trinajstić information content (AvgIpc) is 2.92. The van der Waals surface area contributed by atoms with Gasteiger partial charge in [0.2, 0.25) is 5.75 Å². The summed E-state index contributed by atoms with van der Waals surface area (Å²) in [5.74, 6) is 2.21. The van der Waals surface area contributed by atoms with E-state index in [-0.39, 0.29) is 0 Å². The second-order valence-corrected chi connectivity index (χ2v) is 6.31. The van der Waals surface area contributed by atoms with Crippen molar-refractivity contribution in [2.75, 3.05) is 20.3 Å². The normalized spacial score (nSPS) is 13.2. The lowest BCUT2D eigenvalue weighted by Crippen LogP contribution is -2.17. The monoisotopic (exact) mass is 305 g/mol. The lowest BCUT2D eigenvalue weighted by atomic mass is 10.1. The van der Waals surface area contributed by atoms with E-state index in [1.54, 1.807) is 7.11 Å². The zero-order valence-electron chi connectivity index (χ0n) is 12.3. The smallest absolute Gasteiger partial charge is 0.203 e. The van der Waals surface area contributed by atoms with Crippen LogP contribution < -0.4 is 19.5 Å². The molecule has 1 aromatic carbocycles. The van der Waals surface area contributed by atoms with Crippen LogP contribution in [-0.4, -0.2) is 20.3 Å². The molecule has 0 radical (unpaired) electrons. The molecule has 0 saturated heterocycles. The quantitative estimate of drug-likeness (QED) is 0.921. The number of fused-ring (bicyclic) bond motifs is 1. The van der Waals surface area contributed by atoms with E-state index in [2.05, 4.69) is 24.4 Å². The Morgan fingerprint density at radius 3 is 2.81 bits per heavy atom. The van der Waals surface area contributed by atoms with Gasteiger partial charge in [-0.05, 0) is 36.8 Å². The molecule has 0 fully saturated rings. The number of thiophene rings is 1. The van der Waals surface area contributed by atoms with E-state index in [1.165, 1.54) is 9.75 Å². The van der Waals surface area contributed by atoms with Gasteiger partial charge in [-0.1, -0.05) is 0 Å². The minimum atomic E-state index is 0.568. The van der Waals surface area contributed by atoms with Crippen LogP contribution in [0.4, 0.5) is 0 Å². The second kappa shape index (κ2) is 6.37. The third-order valence-corrected chi connectivity index (χ3v) is 4.31. The number of methoxy groups -OCH3 is 1. The van der Waals surface area contributed by atoms with Crippen molar-refractivity contribution in [2.45, 2.75) is 20.0 Å². The van der Waals surface area contributed by atoms with E-state index < -0.39 is 0 Å². The van der Waals surface area contributed by atoms with Gasteiger partial charge < -0.3 is 19.5 Å². The summed E-state index contributed by atoms with van der Waals surface area (Å²) in [5.41, 5.74) is 1.13. The molecule has 2 aromatic rings. The molecule has 4 nitrogen and oxygen atoms in total. The Morgan fingerprint density at radius 1 is 1.19 bits per heavy atom. The number of aryl methyl sites for hydroxylation is 1. The first-order valence-corrected chi connectivity index (χ1v) is 7.80. The van der Waals surface area contributed by atoms with E-state index in [0.717, 1.165) is 30.2 Å². The Bertz CT molecular complexity index is 607. The van der Waals surface area contributed by atoms with Crippen molar-refractivity contribution >= 4 is 11.3 Å². The standard InChI is InChI=1S/C16H19NO3S/c1-11-3-4-13(21-11)10-17-9-12-7-14(18-2)16-15(8-12)19-5-6-20-16/h3-4,7-8,17H,5-6,9-10H2,1-2H3. The summed E-state index contributed by atoms with van der Waals surface area (Å²) < 4.78 is 16.6. The van der Waals surface area contributed by atoms with Gasteiger partial charge in [0.15, 0.2) is 11.5 Å². The molecular formula is C16H19NO3S. The van der Waals surface area contributed by atoms with Crippen LogP contribution >= 0.6 is 11.3 Å². The van der Waals surface area contributed by atoms with Crippen LogP contribution in [0, 0.1) is 6.92 Å². The molecule has 112 valence electrons. The van der Waals surface area contributed by atoms with Crippen LogP contribution in [0.3, 0.4) is 0 Å². The maximum absolute atomic E-state index is 5.64. The van der Waals surface area contributed by atoms with Crippen molar-refractivity contribution < 1.29 is 14.2 Å². The van der Waals surface area contributed by atoms with Crippen LogP contribution in [0.2, 0.25) is 0 Å². The molecule has 0 spiro atoms. The van der Waals surface area contributed by atoms with Gasteiger partial charge in [0.1, 0.15) is 13.2 Å². The van der Waals surface area contributed by atoms with Gasteiger partial charge in [0.05, 0.1) is 7.11 Å². The molecule has 5 heteroatoms. The molecule has 1 aliphatic rings. The fraction of sp³-hybridized carbons (Fsp3) is 0.375. The van der Waals surface area contributed by atoms with E-state index >= 15 is 0 Å². The topological polar surface area (TPSA) is 39.7 Å². The summed E-state index contributed by atoms with van der Waals surface area (Å²) in [6, 6.07) is 8.33. The molecule has 0 unspecified atom stereocenters. The molecule has 1 aliphatic heterocycles. The predicted octanol–water partition coefficient (Wildman–Crippen LogP) is 3.13. The first-order valence-electron chi connectivity index (χ1n) is 6.99. The molecule has 3 rings (SSSR count). The van der Waals surface area contributed by atoms with Crippen molar-refractivity contribution in [3.8, 4) is 17.2 Å². The van der Waals surface area contributed by atoms with Gasteiger partial charge in [-0.3, -0.25) is 0 Å². The van der Waals surface area contributed by atoms with Crippen molar-refractivity contribution in [3.63, 3.8) is 0 Å². The van der Waals surface area contributed by atoms with E-state index in [0.29, 0.717) is 19.0 Å². The molecule has 1 aromatic heterocycles. The van der Waals surface area contributed by atoms with Crippen molar-refractivity contribution in [3.05, 3.63) is 39.6 Å². The highest BCUT2D eigenvalue weighted by Gasteiger charge is 2.18. The zero-order valence-corrected chi connectivity index (χ0v) is 13.1. The van der Waals surface area contributed by atoms with E-state index in [4.69, 9.17) is 14.2 Å². The minimum Gasteiger partial charge on any atom is -0.493 e. The van der Waals surface area contributed by atoms with Crippen LogP contribution in [0.5, 0.6) is 17.2 Å². The molecule has 21 heavy (non-hydrogen) atoms. The number of rotatable bonds is 5. The highest BCUT2D eigenvalue weighted by Crippen LogP contribution is 2.40. The lowest BCUT2D eigenvalue weighted by molar-refractivity contribution is 0.165. The molecule has 0 saturated carbocycles. The molecule has 0 atom stereocenters. The molecule has 0 aliphatic carbocycles. The minimum absolute atomic E-state index is 0.568. The molecule has 0 amide bonds. The predicted molar refractivity (Wildman–Crippen MR) is 83.6 cm³/mol. The van der Waals surface area contributed by atoms with Crippen molar-refractivity contribution in [1.29, 1.82) is 0 Å². The van der Waals surface area contributed by atoms with Gasteiger partial charge in [0.25, 0.3) is 0 Å². The number of hydrogen-bond acceptors (Lipinski definition) is 5. The van der Waals surface area contributed by atoms with E-state index in [9.17, 15) is 0 Å². The Morgan fingerprint density at radius 2 is 2.05 bits per heavy atom. The number of ether oxygens (including phenoxy) is 3. The Labute approximate surface area is 128 Å². The molecule has 0 bridgehead atoms. The Kier molecular flexibility index (Phi) is 4.31. The summed E-state index contributed by atoms with van der Waals surface area (Å²) in [6.45, 7) is 4.92. The number of hydrogen-bond donors (Lipinski definition) is 1. The van der Waals surface area contributed by atoms with Crippen LogP contribution in [0.25, 0.3) is 0 Å². The number of nitrogens with one attached hydrogen (secondary N) is 1. The highest BCUT2D eigenvalue weighted by molar-refractivity contribution is 7.11. The zero-order chi connectivity index (χ0) is 14.7. The molecule has 1 N–H and O–H groups in total. The lowest BCUT2D eigenvalue weighted by Gasteiger charge is -2.21. The molecular weight excluding hydrogens is 286 g/mol. The van der Waals surface area contributed by atoms with Gasteiger partial charge in [0, 0.05) is 22.8 Å². The third kappa shape index (κ3) is 3.31. The summed E-state index contributed by atoms with van der Waals surface area (Å²) in [4.78, 5) is 2.69. The fourth-order valence-electron chi connectivity index (χ4n) is 2.34. The third-order valence-electron chi connectivity index (χ3n) is 3.31. The first-order chi connectivity index (χ1) is 10.3. The van der Waals surface area contributed by atoms with Gasteiger partial charge >= 0.3 is 0 Å². The van der Waals surface area contributed by atoms with Gasteiger partial charge in [-0.2, -0.15) is 0 Å². The second-order valence-electron chi connectivity index (χ2n) is 4.94. The van der Waals surface area contributed by atoms with Crippen LogP contribution in [-0.2, 0) is 13.1 Å². The first kappa shape index (κ1) is 14.2. The summed E-state index contributed by atoms with van der Waals surface area (Å²) >= 11 is 1.82. The van der Waals surface area contributed by atoms with Crippen molar-refractivity contribution in [2.24, 2.45) is 0 Å². The Balaban J connectivity index is 1.67. The Hall–Kier alpha value is -1.72. The summed E-state index contributed by atoms with van der Waals surface area (Å²) in [5, 5.41) is 3.45. The average molecular weight is 305 g/mol. The maximum Gasteiger partial charge on any atom is 0.203 e.